The molecule has 0 radical (unpaired) electrons. The molecule has 4 rings (SSSR count). The fourth-order valence-electron chi connectivity index (χ4n) is 3.72. The molecule has 158 valence electrons. The summed E-state index contributed by atoms with van der Waals surface area (Å²) in [5, 5.41) is 9.03. The Hall–Kier alpha value is -3.56. The highest BCUT2D eigenvalue weighted by atomic mass is 19.1. The number of aromatic nitrogens is 1. The third kappa shape index (κ3) is 3.93. The topological polar surface area (TPSA) is 95.3 Å². The van der Waals surface area contributed by atoms with Gasteiger partial charge in [-0.2, -0.15) is 0 Å². The smallest absolute Gasteiger partial charge is 0.414 e. The van der Waals surface area contributed by atoms with E-state index in [0.717, 1.165) is 0 Å². The first kappa shape index (κ1) is 19.7. The first-order valence-corrected chi connectivity index (χ1v) is 9.58. The summed E-state index contributed by atoms with van der Waals surface area (Å²) in [5.74, 6) is -0.494. The number of ether oxygens (including phenoxy) is 1. The fourth-order valence-corrected chi connectivity index (χ4v) is 3.72. The highest BCUT2D eigenvalue weighted by Gasteiger charge is 2.33. The van der Waals surface area contributed by atoms with Crippen molar-refractivity contribution in [1.82, 2.24) is 9.47 Å². The van der Waals surface area contributed by atoms with Crippen molar-refractivity contribution in [3.8, 4) is 0 Å². The van der Waals surface area contributed by atoms with E-state index < -0.39 is 24.1 Å². The number of hydrogen-bond donors (Lipinski definition) is 1. The molecule has 0 saturated carbocycles. The van der Waals surface area contributed by atoms with E-state index in [0.29, 0.717) is 37.6 Å². The molecule has 1 N–H and O–H groups in total. The second-order valence-electron chi connectivity index (χ2n) is 7.20. The number of halogens is 1. The van der Waals surface area contributed by atoms with Gasteiger partial charge in [-0.1, -0.05) is 6.07 Å². The number of benzene rings is 1. The molecule has 1 atom stereocenters. The van der Waals surface area contributed by atoms with Gasteiger partial charge in [-0.3, -0.25) is 9.69 Å². The third-order valence-corrected chi connectivity index (χ3v) is 5.31. The normalized spacial score (nSPS) is 19.2. The predicted octanol–water partition coefficient (Wildman–Crippen LogP) is 1.81. The monoisotopic (exact) mass is 416 g/mol. The number of rotatable bonds is 4. The molecule has 0 bridgehead atoms. The second kappa shape index (κ2) is 8.05. The van der Waals surface area contributed by atoms with Gasteiger partial charge in [-0.15, -0.1) is 0 Å². The van der Waals surface area contributed by atoms with Crippen LogP contribution in [-0.4, -0.2) is 65.6 Å². The van der Waals surface area contributed by atoms with Crippen molar-refractivity contribution in [2.24, 2.45) is 0 Å². The molecule has 2 fully saturated rings. The van der Waals surface area contributed by atoms with Crippen molar-refractivity contribution >= 4 is 23.6 Å². The van der Waals surface area contributed by atoms with Crippen LogP contribution in [0, 0.1) is 5.82 Å². The van der Waals surface area contributed by atoms with E-state index >= 15 is 0 Å². The number of carboxylic acid groups (broad SMARTS) is 1. The number of nitrogens with zero attached hydrogens (tertiary/aromatic N) is 4. The van der Waals surface area contributed by atoms with Gasteiger partial charge < -0.3 is 24.2 Å². The quantitative estimate of drug-likeness (QED) is 0.817. The summed E-state index contributed by atoms with van der Waals surface area (Å²) in [6.45, 7) is 1.81. The summed E-state index contributed by atoms with van der Waals surface area (Å²) >= 11 is 0. The van der Waals surface area contributed by atoms with Crippen LogP contribution in [0.25, 0.3) is 0 Å². The van der Waals surface area contributed by atoms with Crippen LogP contribution < -0.4 is 15.4 Å². The summed E-state index contributed by atoms with van der Waals surface area (Å²) in [6.07, 6.45) is -0.474. The minimum atomic E-state index is -0.981. The summed E-state index contributed by atoms with van der Waals surface area (Å²) in [7, 11) is 0. The van der Waals surface area contributed by atoms with E-state index in [1.807, 2.05) is 0 Å². The Morgan fingerprint density at radius 3 is 2.57 bits per heavy atom. The largest absolute Gasteiger partial charge is 0.465 e. The van der Waals surface area contributed by atoms with Crippen LogP contribution in [0.3, 0.4) is 0 Å². The molecule has 0 spiro atoms. The van der Waals surface area contributed by atoms with Crippen LogP contribution in [0.15, 0.2) is 47.4 Å². The summed E-state index contributed by atoms with van der Waals surface area (Å²) in [6, 6.07) is 9.29. The Kier molecular flexibility index (Phi) is 5.30. The minimum absolute atomic E-state index is 0.189. The molecule has 2 aliphatic heterocycles. The summed E-state index contributed by atoms with van der Waals surface area (Å²) < 4.78 is 21.6. The fraction of sp³-hybridized carbons (Fsp3) is 0.350. The standard InChI is InChI=1S/C20H21FN4O5/c21-16-11-14(4-5-17(16)22-7-9-23(10-8-22)19(27)28)25-13-15(30-20(25)29)12-24-6-2-1-3-18(24)26/h1-6,11,15H,7-10,12-13H2,(H,27,28)/t15-/m1/s1. The predicted molar refractivity (Wildman–Crippen MR) is 107 cm³/mol. The number of pyridine rings is 1. The Balaban J connectivity index is 1.44. The van der Waals surface area contributed by atoms with Crippen LogP contribution in [0.2, 0.25) is 0 Å². The first-order valence-electron chi connectivity index (χ1n) is 9.58. The van der Waals surface area contributed by atoms with Crippen molar-refractivity contribution in [3.05, 3.63) is 58.8 Å². The lowest BCUT2D eigenvalue weighted by Crippen LogP contribution is -2.48. The van der Waals surface area contributed by atoms with Crippen LogP contribution >= 0.6 is 0 Å². The lowest BCUT2D eigenvalue weighted by molar-refractivity contribution is 0.131. The van der Waals surface area contributed by atoms with Gasteiger partial charge in [0.2, 0.25) is 0 Å². The van der Waals surface area contributed by atoms with Crippen molar-refractivity contribution in [3.63, 3.8) is 0 Å². The lowest BCUT2D eigenvalue weighted by atomic mass is 10.2. The van der Waals surface area contributed by atoms with Gasteiger partial charge in [0, 0.05) is 38.4 Å². The van der Waals surface area contributed by atoms with Crippen LogP contribution in [0.4, 0.5) is 25.4 Å². The number of piperazine rings is 1. The summed E-state index contributed by atoms with van der Waals surface area (Å²) in [5.41, 5.74) is 0.544. The molecule has 2 amide bonds. The molecule has 0 aliphatic carbocycles. The lowest BCUT2D eigenvalue weighted by Gasteiger charge is -2.34. The molecule has 2 aromatic rings. The molecular formula is C20H21FN4O5. The Labute approximate surface area is 171 Å². The first-order chi connectivity index (χ1) is 14.4. The van der Waals surface area contributed by atoms with E-state index in [2.05, 4.69) is 0 Å². The zero-order valence-corrected chi connectivity index (χ0v) is 16.1. The Morgan fingerprint density at radius 1 is 1.13 bits per heavy atom. The van der Waals surface area contributed by atoms with Crippen molar-refractivity contribution < 1.29 is 23.8 Å². The van der Waals surface area contributed by atoms with E-state index in [9.17, 15) is 18.8 Å². The SMILES string of the molecule is O=C(O)N1CCN(c2ccc(N3C[C@@H](Cn4ccccc4=O)OC3=O)cc2F)CC1. The summed E-state index contributed by atoms with van der Waals surface area (Å²) in [4.78, 5) is 39.6. The van der Waals surface area contributed by atoms with Gasteiger partial charge in [-0.05, 0) is 24.3 Å². The van der Waals surface area contributed by atoms with Gasteiger partial charge in [0.05, 0.1) is 24.5 Å². The second-order valence-corrected chi connectivity index (χ2v) is 7.20. The van der Waals surface area contributed by atoms with Gasteiger partial charge >= 0.3 is 12.2 Å². The molecule has 0 unspecified atom stereocenters. The van der Waals surface area contributed by atoms with Gasteiger partial charge in [0.25, 0.3) is 5.56 Å². The van der Waals surface area contributed by atoms with E-state index in [-0.39, 0.29) is 18.6 Å². The molecule has 3 heterocycles. The van der Waals surface area contributed by atoms with Crippen LogP contribution in [-0.2, 0) is 11.3 Å². The average Bonchev–Trinajstić information content (AvgIpc) is 3.10. The maximum atomic E-state index is 14.8. The number of cyclic esters (lactones) is 1. The molecule has 2 saturated heterocycles. The van der Waals surface area contributed by atoms with Crippen LogP contribution in [0.5, 0.6) is 0 Å². The molecule has 1 aromatic heterocycles. The molecular weight excluding hydrogens is 395 g/mol. The number of hydrogen-bond acceptors (Lipinski definition) is 5. The maximum absolute atomic E-state index is 14.8. The Bertz CT molecular complexity index is 1020. The minimum Gasteiger partial charge on any atom is -0.465 e. The third-order valence-electron chi connectivity index (χ3n) is 5.31. The van der Waals surface area contributed by atoms with Crippen molar-refractivity contribution in [1.29, 1.82) is 0 Å². The maximum Gasteiger partial charge on any atom is 0.414 e. The zero-order chi connectivity index (χ0) is 21.3. The molecule has 9 nitrogen and oxygen atoms in total. The Morgan fingerprint density at radius 2 is 1.90 bits per heavy atom. The molecule has 10 heteroatoms. The van der Waals surface area contributed by atoms with Gasteiger partial charge in [0.1, 0.15) is 11.9 Å². The highest BCUT2D eigenvalue weighted by Crippen LogP contribution is 2.28. The zero-order valence-electron chi connectivity index (χ0n) is 16.1. The number of carbonyl (C=O) groups excluding carboxylic acids is 1. The molecule has 1 aromatic carbocycles. The molecule has 30 heavy (non-hydrogen) atoms. The van der Waals surface area contributed by atoms with E-state index in [1.165, 1.54) is 26.5 Å². The highest BCUT2D eigenvalue weighted by molar-refractivity contribution is 5.90. The average molecular weight is 416 g/mol. The van der Waals surface area contributed by atoms with Crippen molar-refractivity contribution in [2.75, 3.05) is 42.5 Å². The van der Waals surface area contributed by atoms with E-state index in [4.69, 9.17) is 9.84 Å². The number of anilines is 2. The van der Waals surface area contributed by atoms with Crippen LogP contribution in [0.1, 0.15) is 0 Å². The van der Waals surface area contributed by atoms with Crippen molar-refractivity contribution in [2.45, 2.75) is 12.6 Å². The number of carbonyl (C=O) groups is 2. The van der Waals surface area contributed by atoms with Gasteiger partial charge in [-0.25, -0.2) is 14.0 Å². The van der Waals surface area contributed by atoms with Gasteiger partial charge in [0.15, 0.2) is 0 Å². The van der Waals surface area contributed by atoms with E-state index in [1.54, 1.807) is 35.4 Å². The number of amides is 2. The molecule has 2 aliphatic rings.